The van der Waals surface area contributed by atoms with E-state index >= 15 is 0 Å². The first-order valence-electron chi connectivity index (χ1n) is 7.42. The minimum absolute atomic E-state index is 0.0282. The highest BCUT2D eigenvalue weighted by atomic mass is 16.5. The van der Waals surface area contributed by atoms with Crippen molar-refractivity contribution in [3.05, 3.63) is 0 Å². The van der Waals surface area contributed by atoms with Crippen LogP contribution in [0.5, 0.6) is 0 Å². The number of hydrogen-bond acceptors (Lipinski definition) is 3. The third kappa shape index (κ3) is 2.48. The van der Waals surface area contributed by atoms with Crippen LogP contribution in [0.2, 0.25) is 0 Å². The molecule has 0 spiro atoms. The SMILES string of the molecule is CCCC1NC(=O)CN(C2CCOC2C2CC2)C1=O. The van der Waals surface area contributed by atoms with Gasteiger partial charge in [-0.3, -0.25) is 9.59 Å². The highest BCUT2D eigenvalue weighted by Gasteiger charge is 2.47. The van der Waals surface area contributed by atoms with Crippen LogP contribution in [0.4, 0.5) is 0 Å². The Balaban J connectivity index is 1.74. The summed E-state index contributed by atoms with van der Waals surface area (Å²) in [4.78, 5) is 26.1. The van der Waals surface area contributed by atoms with Crippen molar-refractivity contribution < 1.29 is 14.3 Å². The van der Waals surface area contributed by atoms with Gasteiger partial charge in [0.1, 0.15) is 12.6 Å². The summed E-state index contributed by atoms with van der Waals surface area (Å²) in [6.07, 6.45) is 5.07. The zero-order chi connectivity index (χ0) is 13.4. The second kappa shape index (κ2) is 5.12. The zero-order valence-corrected chi connectivity index (χ0v) is 11.4. The Morgan fingerprint density at radius 3 is 2.79 bits per heavy atom. The van der Waals surface area contributed by atoms with Gasteiger partial charge in [0.15, 0.2) is 0 Å². The lowest BCUT2D eigenvalue weighted by Gasteiger charge is -2.38. The largest absolute Gasteiger partial charge is 0.376 e. The molecule has 3 unspecified atom stereocenters. The Kier molecular flexibility index (Phi) is 3.48. The van der Waals surface area contributed by atoms with Gasteiger partial charge in [-0.1, -0.05) is 13.3 Å². The van der Waals surface area contributed by atoms with Crippen LogP contribution in [0.1, 0.15) is 39.0 Å². The average Bonchev–Trinajstić information content (AvgIpc) is 3.12. The maximum absolute atomic E-state index is 12.5. The normalized spacial score (nSPS) is 35.6. The molecule has 0 aromatic carbocycles. The van der Waals surface area contributed by atoms with Crippen LogP contribution in [-0.4, -0.2) is 48.1 Å². The van der Waals surface area contributed by atoms with Crippen molar-refractivity contribution in [1.29, 1.82) is 0 Å². The van der Waals surface area contributed by atoms with Crippen LogP contribution in [-0.2, 0) is 14.3 Å². The second-order valence-corrected chi connectivity index (χ2v) is 5.90. The monoisotopic (exact) mass is 266 g/mol. The molecule has 0 bridgehead atoms. The van der Waals surface area contributed by atoms with Gasteiger partial charge in [-0.25, -0.2) is 0 Å². The maximum atomic E-state index is 12.5. The summed E-state index contributed by atoms with van der Waals surface area (Å²) < 4.78 is 5.80. The number of rotatable bonds is 4. The fraction of sp³-hybridized carbons (Fsp3) is 0.857. The molecule has 2 aliphatic heterocycles. The smallest absolute Gasteiger partial charge is 0.245 e. The van der Waals surface area contributed by atoms with E-state index in [2.05, 4.69) is 5.32 Å². The molecule has 3 rings (SSSR count). The van der Waals surface area contributed by atoms with E-state index in [0.717, 1.165) is 25.9 Å². The molecule has 5 heteroatoms. The first-order chi connectivity index (χ1) is 9.20. The third-order valence-electron chi connectivity index (χ3n) is 4.40. The minimum atomic E-state index is -0.327. The van der Waals surface area contributed by atoms with Crippen LogP contribution >= 0.6 is 0 Å². The highest BCUT2D eigenvalue weighted by Crippen LogP contribution is 2.40. The summed E-state index contributed by atoms with van der Waals surface area (Å²) >= 11 is 0. The highest BCUT2D eigenvalue weighted by molar-refractivity contribution is 5.95. The molecular formula is C14H22N2O3. The van der Waals surface area contributed by atoms with Gasteiger partial charge in [0.25, 0.3) is 0 Å². The van der Waals surface area contributed by atoms with E-state index in [1.165, 1.54) is 12.8 Å². The Morgan fingerprint density at radius 1 is 1.32 bits per heavy atom. The van der Waals surface area contributed by atoms with E-state index in [1.807, 2.05) is 6.92 Å². The Bertz CT molecular complexity index is 381. The van der Waals surface area contributed by atoms with E-state index in [-0.39, 0.29) is 36.5 Å². The number of amides is 2. The van der Waals surface area contributed by atoms with Crippen LogP contribution in [0, 0.1) is 5.92 Å². The van der Waals surface area contributed by atoms with Gasteiger partial charge in [0.05, 0.1) is 12.1 Å². The molecule has 0 aromatic heterocycles. The van der Waals surface area contributed by atoms with Crippen LogP contribution in [0.25, 0.3) is 0 Å². The third-order valence-corrected chi connectivity index (χ3v) is 4.40. The molecule has 2 heterocycles. The first-order valence-corrected chi connectivity index (χ1v) is 7.42. The first kappa shape index (κ1) is 12.9. The molecule has 3 fully saturated rings. The number of piperazine rings is 1. The fourth-order valence-electron chi connectivity index (χ4n) is 3.31. The zero-order valence-electron chi connectivity index (χ0n) is 11.4. The molecule has 0 aromatic rings. The van der Waals surface area contributed by atoms with Gasteiger partial charge in [-0.05, 0) is 31.6 Å². The van der Waals surface area contributed by atoms with Crippen molar-refractivity contribution in [2.24, 2.45) is 5.92 Å². The van der Waals surface area contributed by atoms with E-state index in [0.29, 0.717) is 5.92 Å². The minimum Gasteiger partial charge on any atom is -0.376 e. The molecule has 5 nitrogen and oxygen atoms in total. The topological polar surface area (TPSA) is 58.6 Å². The summed E-state index contributed by atoms with van der Waals surface area (Å²) in [6.45, 7) is 2.95. The van der Waals surface area contributed by atoms with Gasteiger partial charge >= 0.3 is 0 Å². The molecule has 106 valence electrons. The van der Waals surface area contributed by atoms with E-state index in [4.69, 9.17) is 4.74 Å². The summed E-state index contributed by atoms with van der Waals surface area (Å²) in [5.74, 6) is 0.664. The standard InChI is InChI=1S/C14H22N2O3/c1-2-3-10-14(18)16(8-12(17)15-10)11-6-7-19-13(11)9-4-5-9/h9-11,13H,2-8H2,1H3,(H,15,17). The number of nitrogens with one attached hydrogen (secondary N) is 1. The Labute approximate surface area is 113 Å². The lowest BCUT2D eigenvalue weighted by Crippen LogP contribution is -2.62. The predicted octanol–water partition coefficient (Wildman–Crippen LogP) is 0.681. The van der Waals surface area contributed by atoms with Gasteiger partial charge in [0, 0.05) is 6.61 Å². The number of ether oxygens (including phenoxy) is 1. The van der Waals surface area contributed by atoms with Crippen molar-refractivity contribution in [3.63, 3.8) is 0 Å². The van der Waals surface area contributed by atoms with Crippen molar-refractivity contribution in [3.8, 4) is 0 Å². The molecule has 1 N–H and O–H groups in total. The molecule has 1 saturated carbocycles. The number of hydrogen-bond donors (Lipinski definition) is 1. The summed E-state index contributed by atoms with van der Waals surface area (Å²) in [7, 11) is 0. The molecule has 3 atom stereocenters. The summed E-state index contributed by atoms with van der Waals surface area (Å²) in [6, 6.07) is -0.211. The maximum Gasteiger partial charge on any atom is 0.245 e. The van der Waals surface area contributed by atoms with E-state index < -0.39 is 0 Å². The van der Waals surface area contributed by atoms with Crippen LogP contribution < -0.4 is 5.32 Å². The van der Waals surface area contributed by atoms with Gasteiger partial charge < -0.3 is 15.0 Å². The van der Waals surface area contributed by atoms with Gasteiger partial charge in [-0.15, -0.1) is 0 Å². The Morgan fingerprint density at radius 2 is 2.11 bits per heavy atom. The van der Waals surface area contributed by atoms with E-state index in [9.17, 15) is 9.59 Å². The predicted molar refractivity (Wildman–Crippen MR) is 69.4 cm³/mol. The lowest BCUT2D eigenvalue weighted by atomic mass is 10.00. The fourth-order valence-corrected chi connectivity index (χ4v) is 3.31. The summed E-state index contributed by atoms with van der Waals surface area (Å²) in [5, 5.41) is 2.81. The molecular weight excluding hydrogens is 244 g/mol. The average molecular weight is 266 g/mol. The molecule has 1 aliphatic carbocycles. The summed E-state index contributed by atoms with van der Waals surface area (Å²) in [5.41, 5.74) is 0. The van der Waals surface area contributed by atoms with Gasteiger partial charge in [0.2, 0.25) is 11.8 Å². The number of carbonyl (C=O) groups is 2. The number of nitrogens with zero attached hydrogens (tertiary/aromatic N) is 1. The van der Waals surface area contributed by atoms with Crippen molar-refractivity contribution in [1.82, 2.24) is 10.2 Å². The quantitative estimate of drug-likeness (QED) is 0.814. The molecule has 3 aliphatic rings. The molecule has 2 amide bonds. The van der Waals surface area contributed by atoms with E-state index in [1.54, 1.807) is 4.90 Å². The van der Waals surface area contributed by atoms with Crippen molar-refractivity contribution in [2.45, 2.75) is 57.2 Å². The lowest BCUT2D eigenvalue weighted by molar-refractivity contribution is -0.148. The van der Waals surface area contributed by atoms with Crippen molar-refractivity contribution in [2.75, 3.05) is 13.2 Å². The van der Waals surface area contributed by atoms with Gasteiger partial charge in [-0.2, -0.15) is 0 Å². The van der Waals surface area contributed by atoms with Crippen molar-refractivity contribution >= 4 is 11.8 Å². The molecule has 2 saturated heterocycles. The van der Waals surface area contributed by atoms with Crippen LogP contribution in [0.15, 0.2) is 0 Å². The Hall–Kier alpha value is -1.10. The van der Waals surface area contributed by atoms with Crippen LogP contribution in [0.3, 0.4) is 0 Å². The second-order valence-electron chi connectivity index (χ2n) is 5.90. The number of carbonyl (C=O) groups excluding carboxylic acids is 2. The molecule has 0 radical (unpaired) electrons. The molecule has 19 heavy (non-hydrogen) atoms.